The topological polar surface area (TPSA) is 37.8 Å². The molecular weight excluding hydrogens is 274 g/mol. The lowest BCUT2D eigenvalue weighted by Gasteiger charge is -2.20. The fraction of sp³-hybridized carbons (Fsp3) is 0.714. The fourth-order valence-corrected chi connectivity index (χ4v) is 4.80. The van der Waals surface area contributed by atoms with Gasteiger partial charge in [-0.2, -0.15) is 11.8 Å². The van der Waals surface area contributed by atoms with Gasteiger partial charge in [0.2, 0.25) is 0 Å². The molecule has 0 radical (unpaired) electrons. The summed E-state index contributed by atoms with van der Waals surface area (Å²) in [6.07, 6.45) is 3.73. The van der Waals surface area contributed by atoms with Crippen molar-refractivity contribution in [2.45, 2.75) is 37.4 Å². The molecule has 2 heterocycles. The van der Waals surface area contributed by atoms with Crippen LogP contribution in [0.4, 0.5) is 5.82 Å². The average Bonchev–Trinajstić information content (AvgIpc) is 3.30. The minimum atomic E-state index is 0.486. The first-order valence-corrected chi connectivity index (χ1v) is 9.39. The number of nitrogens with zero attached hydrogens (tertiary/aromatic N) is 2. The maximum Gasteiger partial charge on any atom is 0.144 e. The molecule has 3 rings (SSSR count). The van der Waals surface area contributed by atoms with Crippen molar-refractivity contribution in [1.29, 1.82) is 0 Å². The summed E-state index contributed by atoms with van der Waals surface area (Å²) in [6, 6.07) is 2.16. The van der Waals surface area contributed by atoms with Gasteiger partial charge in [0.1, 0.15) is 11.6 Å². The maximum absolute atomic E-state index is 4.84. The van der Waals surface area contributed by atoms with E-state index >= 15 is 0 Å². The molecule has 1 aliphatic carbocycles. The van der Waals surface area contributed by atoms with E-state index in [4.69, 9.17) is 9.97 Å². The van der Waals surface area contributed by atoms with Crippen molar-refractivity contribution in [2.24, 2.45) is 0 Å². The van der Waals surface area contributed by atoms with Gasteiger partial charge >= 0.3 is 0 Å². The minimum Gasteiger partial charge on any atom is -0.370 e. The summed E-state index contributed by atoms with van der Waals surface area (Å²) in [6.45, 7) is 3.18. The van der Waals surface area contributed by atoms with E-state index in [2.05, 4.69) is 18.3 Å². The van der Waals surface area contributed by atoms with Crippen LogP contribution in [0.5, 0.6) is 0 Å². The summed E-state index contributed by atoms with van der Waals surface area (Å²) >= 11 is 4.05. The van der Waals surface area contributed by atoms with E-state index < -0.39 is 0 Å². The summed E-state index contributed by atoms with van der Waals surface area (Å²) in [5, 5.41) is 3.92. The van der Waals surface area contributed by atoms with Gasteiger partial charge < -0.3 is 5.32 Å². The molecule has 104 valence electrons. The quantitative estimate of drug-likeness (QED) is 0.896. The number of hydrogen-bond donors (Lipinski definition) is 1. The van der Waals surface area contributed by atoms with Crippen molar-refractivity contribution < 1.29 is 0 Å². The highest BCUT2D eigenvalue weighted by molar-refractivity contribution is 8.06. The molecule has 0 spiro atoms. The molecule has 1 saturated heterocycles. The summed E-state index contributed by atoms with van der Waals surface area (Å²) in [5.41, 5.74) is 1.26. The summed E-state index contributed by atoms with van der Waals surface area (Å²) in [4.78, 5) is 9.59. The standard InChI is InChI=1S/C14H21N3S2/c1-2-5-15-13-8-11(10-3-4-10)16-14(17-13)12-9-18-6-7-19-12/h8,10,12H,2-7,9H2,1H3,(H,15,16,17). The van der Waals surface area contributed by atoms with Gasteiger partial charge in [0.25, 0.3) is 0 Å². The van der Waals surface area contributed by atoms with Crippen molar-refractivity contribution in [3.8, 4) is 0 Å². The second-order valence-electron chi connectivity index (χ2n) is 5.17. The monoisotopic (exact) mass is 295 g/mol. The van der Waals surface area contributed by atoms with E-state index in [0.29, 0.717) is 11.2 Å². The van der Waals surface area contributed by atoms with E-state index in [9.17, 15) is 0 Å². The van der Waals surface area contributed by atoms with Gasteiger partial charge in [-0.3, -0.25) is 0 Å². The Morgan fingerprint density at radius 2 is 2.21 bits per heavy atom. The van der Waals surface area contributed by atoms with E-state index in [1.807, 2.05) is 23.5 Å². The first kappa shape index (κ1) is 13.6. The number of aromatic nitrogens is 2. The SMILES string of the molecule is CCCNc1cc(C2CC2)nc(C2CSCCS2)n1. The molecule has 0 amide bonds. The molecule has 1 aromatic rings. The Bertz CT molecular complexity index is 429. The third kappa shape index (κ3) is 3.57. The lowest BCUT2D eigenvalue weighted by molar-refractivity contribution is 0.865. The Morgan fingerprint density at radius 3 is 2.89 bits per heavy atom. The molecule has 1 aliphatic heterocycles. The van der Waals surface area contributed by atoms with Gasteiger partial charge in [0.15, 0.2) is 0 Å². The molecule has 1 aromatic heterocycles. The molecule has 1 N–H and O–H groups in total. The van der Waals surface area contributed by atoms with Crippen molar-refractivity contribution in [3.63, 3.8) is 0 Å². The minimum absolute atomic E-state index is 0.486. The second-order valence-corrected chi connectivity index (χ2v) is 7.63. The van der Waals surface area contributed by atoms with Gasteiger partial charge in [-0.15, -0.1) is 11.8 Å². The zero-order valence-corrected chi connectivity index (χ0v) is 13.0. The van der Waals surface area contributed by atoms with Gasteiger partial charge in [0.05, 0.1) is 5.25 Å². The van der Waals surface area contributed by atoms with E-state index in [-0.39, 0.29) is 0 Å². The van der Waals surface area contributed by atoms with E-state index in [1.54, 1.807) is 0 Å². The lowest BCUT2D eigenvalue weighted by atomic mass is 10.2. The summed E-state index contributed by atoms with van der Waals surface area (Å²) < 4.78 is 0. The molecule has 2 aliphatic rings. The normalized spacial score (nSPS) is 23.3. The summed E-state index contributed by atoms with van der Waals surface area (Å²) in [5.74, 6) is 6.44. The molecule has 1 saturated carbocycles. The molecule has 0 aromatic carbocycles. The van der Waals surface area contributed by atoms with Gasteiger partial charge in [-0.1, -0.05) is 6.92 Å². The fourth-order valence-electron chi connectivity index (χ4n) is 2.20. The highest BCUT2D eigenvalue weighted by Crippen LogP contribution is 2.41. The van der Waals surface area contributed by atoms with Crippen LogP contribution in [-0.2, 0) is 0 Å². The zero-order valence-electron chi connectivity index (χ0n) is 11.4. The number of hydrogen-bond acceptors (Lipinski definition) is 5. The number of rotatable bonds is 5. The predicted octanol–water partition coefficient (Wildman–Crippen LogP) is 3.70. The second kappa shape index (κ2) is 6.35. The lowest BCUT2D eigenvalue weighted by Crippen LogP contribution is -2.13. The van der Waals surface area contributed by atoms with Crippen molar-refractivity contribution in [1.82, 2.24) is 9.97 Å². The van der Waals surface area contributed by atoms with Crippen LogP contribution in [-0.4, -0.2) is 33.8 Å². The molecule has 0 bridgehead atoms. The largest absolute Gasteiger partial charge is 0.370 e. The Morgan fingerprint density at radius 1 is 1.32 bits per heavy atom. The van der Waals surface area contributed by atoms with Crippen molar-refractivity contribution in [3.05, 3.63) is 17.6 Å². The predicted molar refractivity (Wildman–Crippen MR) is 85.3 cm³/mol. The van der Waals surface area contributed by atoms with Crippen LogP contribution < -0.4 is 5.32 Å². The molecule has 1 unspecified atom stereocenters. The van der Waals surface area contributed by atoms with Crippen LogP contribution in [0.25, 0.3) is 0 Å². The first-order valence-electron chi connectivity index (χ1n) is 7.19. The molecule has 1 atom stereocenters. The van der Waals surface area contributed by atoms with E-state index in [0.717, 1.165) is 30.4 Å². The van der Waals surface area contributed by atoms with Gasteiger partial charge in [-0.25, -0.2) is 9.97 Å². The first-order chi connectivity index (χ1) is 9.36. The van der Waals surface area contributed by atoms with Crippen LogP contribution in [0.3, 0.4) is 0 Å². The Balaban J connectivity index is 1.81. The highest BCUT2D eigenvalue weighted by Gasteiger charge is 2.28. The van der Waals surface area contributed by atoms with Crippen LogP contribution in [0.2, 0.25) is 0 Å². The Labute approximate surface area is 123 Å². The Hall–Kier alpha value is -0.420. The maximum atomic E-state index is 4.84. The highest BCUT2D eigenvalue weighted by atomic mass is 32.2. The Kier molecular flexibility index (Phi) is 4.53. The molecule has 5 heteroatoms. The van der Waals surface area contributed by atoms with Gasteiger partial charge in [-0.05, 0) is 19.3 Å². The molecule has 19 heavy (non-hydrogen) atoms. The average molecular weight is 295 g/mol. The van der Waals surface area contributed by atoms with Crippen molar-refractivity contribution in [2.75, 3.05) is 29.1 Å². The molecule has 2 fully saturated rings. The van der Waals surface area contributed by atoms with Crippen LogP contribution >= 0.6 is 23.5 Å². The number of thioether (sulfide) groups is 2. The van der Waals surface area contributed by atoms with Crippen LogP contribution in [0, 0.1) is 0 Å². The van der Waals surface area contributed by atoms with Crippen molar-refractivity contribution >= 4 is 29.3 Å². The molecule has 3 nitrogen and oxygen atoms in total. The third-order valence-corrected chi connectivity index (χ3v) is 6.17. The van der Waals surface area contributed by atoms with E-state index in [1.165, 1.54) is 30.0 Å². The third-order valence-electron chi connectivity index (χ3n) is 3.42. The number of anilines is 1. The van der Waals surface area contributed by atoms with Crippen LogP contribution in [0.15, 0.2) is 6.07 Å². The van der Waals surface area contributed by atoms with Gasteiger partial charge in [0, 0.05) is 41.5 Å². The smallest absolute Gasteiger partial charge is 0.144 e. The molecular formula is C14H21N3S2. The summed E-state index contributed by atoms with van der Waals surface area (Å²) in [7, 11) is 0. The number of nitrogens with one attached hydrogen (secondary N) is 1. The zero-order chi connectivity index (χ0) is 13.1. The van der Waals surface area contributed by atoms with Crippen LogP contribution in [0.1, 0.15) is 48.9 Å².